The van der Waals surface area contributed by atoms with Crippen molar-refractivity contribution in [1.82, 2.24) is 4.98 Å². The normalized spacial score (nSPS) is 10.6. The minimum Gasteiger partial charge on any atom is -0.497 e. The zero-order chi connectivity index (χ0) is 22.3. The van der Waals surface area contributed by atoms with Gasteiger partial charge in [-0.25, -0.2) is 4.98 Å². The van der Waals surface area contributed by atoms with Gasteiger partial charge in [-0.05, 0) is 24.3 Å². The van der Waals surface area contributed by atoms with Crippen LogP contribution in [0.3, 0.4) is 0 Å². The molecule has 4 aromatic rings. The van der Waals surface area contributed by atoms with E-state index in [1.165, 1.54) is 0 Å². The first-order valence-corrected chi connectivity index (χ1v) is 11.0. The molecule has 0 unspecified atom stereocenters. The SMILES string of the molecule is COc1ccc(C(=O)Nc2ccc(-c3csc(-c4ccccc4)n3)cc2)c(NCCO)c1. The Balaban J connectivity index is 1.48. The van der Waals surface area contributed by atoms with Crippen molar-refractivity contribution in [3.8, 4) is 27.6 Å². The number of carbonyl (C=O) groups excluding carboxylic acids is 1. The number of aliphatic hydroxyl groups is 1. The number of ether oxygens (including phenoxy) is 1. The maximum Gasteiger partial charge on any atom is 0.257 e. The van der Waals surface area contributed by atoms with Crippen LogP contribution in [0, 0.1) is 0 Å². The first-order chi connectivity index (χ1) is 15.7. The van der Waals surface area contributed by atoms with Gasteiger partial charge in [0.05, 0.1) is 30.7 Å². The Morgan fingerprint density at radius 3 is 2.53 bits per heavy atom. The van der Waals surface area contributed by atoms with E-state index >= 15 is 0 Å². The topological polar surface area (TPSA) is 83.5 Å². The molecule has 0 saturated heterocycles. The number of nitrogens with one attached hydrogen (secondary N) is 2. The van der Waals surface area contributed by atoms with E-state index < -0.39 is 0 Å². The van der Waals surface area contributed by atoms with E-state index in [0.717, 1.165) is 21.8 Å². The van der Waals surface area contributed by atoms with Crippen LogP contribution in [-0.4, -0.2) is 36.3 Å². The number of hydrogen-bond donors (Lipinski definition) is 3. The molecule has 0 saturated carbocycles. The van der Waals surface area contributed by atoms with Crippen molar-refractivity contribution in [3.05, 3.63) is 83.7 Å². The summed E-state index contributed by atoms with van der Waals surface area (Å²) in [5.74, 6) is 0.380. The molecule has 0 aliphatic carbocycles. The second-order valence-corrected chi connectivity index (χ2v) is 7.86. The molecule has 4 rings (SSSR count). The molecule has 7 heteroatoms. The Kier molecular flexibility index (Phi) is 6.79. The minimum atomic E-state index is -0.249. The van der Waals surface area contributed by atoms with Gasteiger partial charge in [-0.1, -0.05) is 42.5 Å². The minimum absolute atomic E-state index is 0.0393. The lowest BCUT2D eigenvalue weighted by Gasteiger charge is -2.13. The van der Waals surface area contributed by atoms with Crippen LogP contribution in [0.15, 0.2) is 78.2 Å². The molecule has 3 N–H and O–H groups in total. The number of amides is 1. The Bertz CT molecular complexity index is 1190. The zero-order valence-corrected chi connectivity index (χ0v) is 18.4. The average Bonchev–Trinajstić information content (AvgIpc) is 3.34. The maximum atomic E-state index is 12.8. The van der Waals surface area contributed by atoms with Gasteiger partial charge in [0.25, 0.3) is 5.91 Å². The number of anilines is 2. The summed E-state index contributed by atoms with van der Waals surface area (Å²) in [6, 6.07) is 22.9. The van der Waals surface area contributed by atoms with E-state index in [4.69, 9.17) is 14.8 Å². The predicted octanol–water partition coefficient (Wildman–Crippen LogP) is 5.14. The number of hydrogen-bond acceptors (Lipinski definition) is 6. The van der Waals surface area contributed by atoms with Gasteiger partial charge in [-0.3, -0.25) is 4.79 Å². The molecule has 3 aromatic carbocycles. The summed E-state index contributed by atoms with van der Waals surface area (Å²) in [7, 11) is 1.57. The van der Waals surface area contributed by atoms with Crippen molar-refractivity contribution >= 4 is 28.6 Å². The predicted molar refractivity (Wildman–Crippen MR) is 130 cm³/mol. The summed E-state index contributed by atoms with van der Waals surface area (Å²) in [4.78, 5) is 17.6. The van der Waals surface area contributed by atoms with Gasteiger partial charge in [-0.2, -0.15) is 0 Å². The van der Waals surface area contributed by atoms with Gasteiger partial charge in [0, 0.05) is 34.8 Å². The number of benzene rings is 3. The highest BCUT2D eigenvalue weighted by atomic mass is 32.1. The number of carbonyl (C=O) groups is 1. The summed E-state index contributed by atoms with van der Waals surface area (Å²) < 4.78 is 5.23. The Hall–Kier alpha value is -3.68. The number of methoxy groups -OCH3 is 1. The molecule has 0 fully saturated rings. The number of rotatable bonds is 8. The molecule has 0 bridgehead atoms. The van der Waals surface area contributed by atoms with Gasteiger partial charge in [-0.15, -0.1) is 11.3 Å². The summed E-state index contributed by atoms with van der Waals surface area (Å²) in [6.07, 6.45) is 0. The van der Waals surface area contributed by atoms with E-state index in [1.807, 2.05) is 60.0 Å². The van der Waals surface area contributed by atoms with E-state index in [1.54, 1.807) is 36.6 Å². The van der Waals surface area contributed by atoms with Gasteiger partial charge >= 0.3 is 0 Å². The third-order valence-electron chi connectivity index (χ3n) is 4.86. The van der Waals surface area contributed by atoms with Gasteiger partial charge in [0.15, 0.2) is 0 Å². The second kappa shape index (κ2) is 10.1. The molecular weight excluding hydrogens is 422 g/mol. The highest BCUT2D eigenvalue weighted by molar-refractivity contribution is 7.13. The molecule has 0 aliphatic heterocycles. The molecular formula is C25H23N3O3S. The van der Waals surface area contributed by atoms with Crippen LogP contribution in [0.25, 0.3) is 21.8 Å². The first-order valence-electron chi connectivity index (χ1n) is 10.1. The van der Waals surface area contributed by atoms with Crippen molar-refractivity contribution < 1.29 is 14.6 Å². The molecule has 0 spiro atoms. The maximum absolute atomic E-state index is 12.8. The molecule has 1 heterocycles. The van der Waals surface area contributed by atoms with Crippen molar-refractivity contribution in [1.29, 1.82) is 0 Å². The van der Waals surface area contributed by atoms with Gasteiger partial charge in [0.1, 0.15) is 10.8 Å². The quantitative estimate of drug-likeness (QED) is 0.350. The highest BCUT2D eigenvalue weighted by Crippen LogP contribution is 2.29. The van der Waals surface area contributed by atoms with E-state index in [2.05, 4.69) is 10.6 Å². The molecule has 6 nitrogen and oxygen atoms in total. The standard InChI is InChI=1S/C25H23N3O3S/c1-31-20-11-12-21(22(15-20)26-13-14-29)24(30)27-19-9-7-17(8-10-19)23-16-32-25(28-23)18-5-3-2-4-6-18/h2-12,15-16,26,29H,13-14H2,1H3,(H,27,30). The third kappa shape index (κ3) is 4.96. The molecule has 1 amide bonds. The molecule has 1 aromatic heterocycles. The second-order valence-electron chi connectivity index (χ2n) is 7.00. The fourth-order valence-electron chi connectivity index (χ4n) is 3.23. The summed E-state index contributed by atoms with van der Waals surface area (Å²) >= 11 is 1.60. The van der Waals surface area contributed by atoms with Crippen LogP contribution >= 0.6 is 11.3 Å². The van der Waals surface area contributed by atoms with Crippen LogP contribution in [0.5, 0.6) is 5.75 Å². The lowest BCUT2D eigenvalue weighted by molar-refractivity contribution is 0.102. The van der Waals surface area contributed by atoms with Crippen molar-refractivity contribution in [2.45, 2.75) is 0 Å². The van der Waals surface area contributed by atoms with Crippen LogP contribution < -0.4 is 15.4 Å². The highest BCUT2D eigenvalue weighted by Gasteiger charge is 2.13. The van der Waals surface area contributed by atoms with Crippen molar-refractivity contribution in [2.24, 2.45) is 0 Å². The fourth-order valence-corrected chi connectivity index (χ4v) is 4.06. The Labute approximate surface area is 190 Å². The van der Waals surface area contributed by atoms with Crippen LogP contribution in [0.4, 0.5) is 11.4 Å². The Morgan fingerprint density at radius 2 is 1.81 bits per heavy atom. The zero-order valence-electron chi connectivity index (χ0n) is 17.5. The third-order valence-corrected chi connectivity index (χ3v) is 5.75. The van der Waals surface area contributed by atoms with Crippen LogP contribution in [0.1, 0.15) is 10.4 Å². The van der Waals surface area contributed by atoms with Crippen LogP contribution in [-0.2, 0) is 0 Å². The average molecular weight is 446 g/mol. The summed E-state index contributed by atoms with van der Waals surface area (Å²) in [6.45, 7) is 0.295. The first kappa shape index (κ1) is 21.5. The van der Waals surface area contributed by atoms with E-state index in [0.29, 0.717) is 29.2 Å². The number of thiazole rings is 1. The van der Waals surface area contributed by atoms with Crippen molar-refractivity contribution in [3.63, 3.8) is 0 Å². The lowest BCUT2D eigenvalue weighted by Crippen LogP contribution is -2.16. The Morgan fingerprint density at radius 1 is 1.03 bits per heavy atom. The fraction of sp³-hybridized carbons (Fsp3) is 0.120. The number of nitrogens with zero attached hydrogens (tertiary/aromatic N) is 1. The largest absolute Gasteiger partial charge is 0.497 e. The monoisotopic (exact) mass is 445 g/mol. The molecule has 32 heavy (non-hydrogen) atoms. The van der Waals surface area contributed by atoms with Crippen molar-refractivity contribution in [2.75, 3.05) is 30.9 Å². The molecule has 0 aliphatic rings. The van der Waals surface area contributed by atoms with Gasteiger partial charge < -0.3 is 20.5 Å². The molecule has 162 valence electrons. The van der Waals surface area contributed by atoms with E-state index in [-0.39, 0.29) is 12.5 Å². The summed E-state index contributed by atoms with van der Waals surface area (Å²) in [5.41, 5.74) is 4.73. The number of aromatic nitrogens is 1. The number of aliphatic hydroxyl groups excluding tert-OH is 1. The lowest BCUT2D eigenvalue weighted by atomic mass is 10.1. The van der Waals surface area contributed by atoms with Gasteiger partial charge in [0.2, 0.25) is 0 Å². The smallest absolute Gasteiger partial charge is 0.257 e. The van der Waals surface area contributed by atoms with Crippen LogP contribution in [0.2, 0.25) is 0 Å². The molecule has 0 radical (unpaired) electrons. The summed E-state index contributed by atoms with van der Waals surface area (Å²) in [5, 5.41) is 18.1. The molecule has 0 atom stereocenters. The van der Waals surface area contributed by atoms with E-state index in [9.17, 15) is 4.79 Å².